The fraction of sp³-hybridized carbons (Fsp3) is 0.357. The van der Waals surface area contributed by atoms with E-state index in [0.717, 1.165) is 24.0 Å². The Balaban J connectivity index is 1.79. The van der Waals surface area contributed by atoms with Crippen LogP contribution in [0.5, 0.6) is 0 Å². The van der Waals surface area contributed by atoms with E-state index in [2.05, 4.69) is 15.0 Å². The van der Waals surface area contributed by atoms with Crippen LogP contribution >= 0.6 is 0 Å². The average molecular weight is 284 g/mol. The van der Waals surface area contributed by atoms with Crippen molar-refractivity contribution in [3.05, 3.63) is 30.4 Å². The number of nitrogens with zero attached hydrogens (tertiary/aromatic N) is 4. The highest BCUT2D eigenvalue weighted by molar-refractivity contribution is 5.95. The molecular weight excluding hydrogens is 268 g/mol. The first-order valence-electron chi connectivity index (χ1n) is 7.08. The summed E-state index contributed by atoms with van der Waals surface area (Å²) in [4.78, 5) is 26.2. The molecule has 1 fully saturated rings. The third-order valence-corrected chi connectivity index (χ3v) is 4.09. The summed E-state index contributed by atoms with van der Waals surface area (Å²) >= 11 is 0. The molecule has 0 saturated carbocycles. The van der Waals surface area contributed by atoms with Crippen LogP contribution < -0.4 is 5.73 Å². The Morgan fingerprint density at radius 1 is 1.29 bits per heavy atom. The molecule has 1 aliphatic rings. The molecule has 0 unspecified atom stereocenters. The van der Waals surface area contributed by atoms with Crippen molar-refractivity contribution in [2.24, 2.45) is 5.73 Å². The quantitative estimate of drug-likeness (QED) is 0.690. The molecule has 7 nitrogen and oxygen atoms in total. The molecule has 0 bridgehead atoms. The third kappa shape index (κ3) is 1.89. The lowest BCUT2D eigenvalue weighted by Gasteiger charge is -2.29. The Morgan fingerprint density at radius 2 is 2.10 bits per heavy atom. The van der Waals surface area contributed by atoms with Gasteiger partial charge in [0.25, 0.3) is 5.91 Å². The van der Waals surface area contributed by atoms with Crippen LogP contribution in [0.2, 0.25) is 0 Å². The molecule has 0 atom stereocenters. The van der Waals surface area contributed by atoms with E-state index in [1.807, 2.05) is 21.6 Å². The molecule has 3 aromatic rings. The Morgan fingerprint density at radius 3 is 2.90 bits per heavy atom. The fourth-order valence-corrected chi connectivity index (χ4v) is 2.88. The van der Waals surface area contributed by atoms with Crippen molar-refractivity contribution < 1.29 is 4.79 Å². The van der Waals surface area contributed by atoms with Crippen LogP contribution in [0.15, 0.2) is 24.7 Å². The monoisotopic (exact) mass is 284 g/mol. The molecule has 3 aromatic heterocycles. The molecule has 4 rings (SSSR count). The highest BCUT2D eigenvalue weighted by Crippen LogP contribution is 2.18. The number of likely N-dealkylation sites (tertiary alicyclic amines) is 1. The highest BCUT2D eigenvalue weighted by atomic mass is 16.2. The number of H-pyrrole nitrogens is 1. The van der Waals surface area contributed by atoms with E-state index in [-0.39, 0.29) is 11.9 Å². The normalized spacial score (nSPS) is 16.9. The number of rotatable bonds is 1. The molecule has 1 amide bonds. The maximum absolute atomic E-state index is 12.7. The standard InChI is InChI=1S/C14H16N6O/c15-9-2-5-19(6-3-9)14(21)11-7-17-12-8-18-13-10(20(11)12)1-4-16-13/h1,4,7-9,16H,2-3,5-6,15H2. The topological polar surface area (TPSA) is 92.3 Å². The van der Waals surface area contributed by atoms with Crippen LogP contribution in [-0.4, -0.2) is 49.3 Å². The lowest BCUT2D eigenvalue weighted by Crippen LogP contribution is -2.43. The number of imidazole rings is 1. The van der Waals surface area contributed by atoms with Crippen LogP contribution in [0, 0.1) is 0 Å². The van der Waals surface area contributed by atoms with Crippen LogP contribution in [0.3, 0.4) is 0 Å². The van der Waals surface area contributed by atoms with Gasteiger partial charge in [0, 0.05) is 25.3 Å². The largest absolute Gasteiger partial charge is 0.345 e. The van der Waals surface area contributed by atoms with E-state index in [9.17, 15) is 4.79 Å². The fourth-order valence-electron chi connectivity index (χ4n) is 2.88. The minimum absolute atomic E-state index is 0.00287. The number of hydrogen-bond donors (Lipinski definition) is 2. The van der Waals surface area contributed by atoms with Crippen LogP contribution in [0.1, 0.15) is 23.3 Å². The summed E-state index contributed by atoms with van der Waals surface area (Å²) in [5, 5.41) is 0. The first-order valence-corrected chi connectivity index (χ1v) is 7.08. The number of aromatic nitrogens is 4. The SMILES string of the molecule is NC1CCN(C(=O)c2cnc3cnc4[nH]ccc4n23)CC1. The molecule has 21 heavy (non-hydrogen) atoms. The van der Waals surface area contributed by atoms with Gasteiger partial charge in [0.05, 0.1) is 17.9 Å². The van der Waals surface area contributed by atoms with Gasteiger partial charge in [-0.15, -0.1) is 0 Å². The zero-order valence-electron chi connectivity index (χ0n) is 11.5. The number of nitrogens with one attached hydrogen (secondary N) is 1. The zero-order chi connectivity index (χ0) is 14.4. The van der Waals surface area contributed by atoms with E-state index < -0.39 is 0 Å². The molecule has 0 radical (unpaired) electrons. The molecule has 1 aliphatic heterocycles. The van der Waals surface area contributed by atoms with Gasteiger partial charge in [-0.1, -0.05) is 0 Å². The Bertz CT molecular complexity index is 811. The Hall–Kier alpha value is -2.41. The first kappa shape index (κ1) is 12.3. The molecule has 108 valence electrons. The van der Waals surface area contributed by atoms with Gasteiger partial charge in [0.15, 0.2) is 11.3 Å². The van der Waals surface area contributed by atoms with E-state index >= 15 is 0 Å². The molecular formula is C14H16N6O. The van der Waals surface area contributed by atoms with Crippen molar-refractivity contribution in [1.29, 1.82) is 0 Å². The minimum atomic E-state index is 0.00287. The summed E-state index contributed by atoms with van der Waals surface area (Å²) in [6.07, 6.45) is 6.81. The molecule has 0 aromatic carbocycles. The maximum Gasteiger partial charge on any atom is 0.272 e. The second-order valence-electron chi connectivity index (χ2n) is 5.44. The lowest BCUT2D eigenvalue weighted by molar-refractivity contribution is 0.0708. The second kappa shape index (κ2) is 4.56. The van der Waals surface area contributed by atoms with Crippen molar-refractivity contribution in [2.45, 2.75) is 18.9 Å². The number of piperidine rings is 1. The van der Waals surface area contributed by atoms with Gasteiger partial charge in [-0.05, 0) is 18.9 Å². The number of carbonyl (C=O) groups excluding carboxylic acids is 1. The molecule has 0 aliphatic carbocycles. The predicted octanol–water partition coefficient (Wildman–Crippen LogP) is 0.774. The predicted molar refractivity (Wildman–Crippen MR) is 78.0 cm³/mol. The number of fused-ring (bicyclic) bond motifs is 3. The Kier molecular flexibility index (Phi) is 2.68. The second-order valence-corrected chi connectivity index (χ2v) is 5.44. The Labute approximate surface area is 120 Å². The molecule has 1 saturated heterocycles. The van der Waals surface area contributed by atoms with Gasteiger partial charge in [0.1, 0.15) is 5.69 Å². The van der Waals surface area contributed by atoms with Crippen molar-refractivity contribution in [3.63, 3.8) is 0 Å². The molecule has 0 spiro atoms. The summed E-state index contributed by atoms with van der Waals surface area (Å²) in [6.45, 7) is 1.41. The highest BCUT2D eigenvalue weighted by Gasteiger charge is 2.24. The van der Waals surface area contributed by atoms with Gasteiger partial charge in [0.2, 0.25) is 0 Å². The van der Waals surface area contributed by atoms with Gasteiger partial charge in [-0.25, -0.2) is 9.97 Å². The smallest absolute Gasteiger partial charge is 0.272 e. The van der Waals surface area contributed by atoms with Gasteiger partial charge >= 0.3 is 0 Å². The number of hydrogen-bond acceptors (Lipinski definition) is 4. The van der Waals surface area contributed by atoms with Crippen LogP contribution in [0.4, 0.5) is 0 Å². The third-order valence-electron chi connectivity index (χ3n) is 4.09. The minimum Gasteiger partial charge on any atom is -0.345 e. The number of nitrogens with two attached hydrogens (primary N) is 1. The molecule has 4 heterocycles. The van der Waals surface area contributed by atoms with E-state index in [4.69, 9.17) is 5.73 Å². The zero-order valence-corrected chi connectivity index (χ0v) is 11.5. The summed E-state index contributed by atoms with van der Waals surface area (Å²) in [7, 11) is 0. The van der Waals surface area contributed by atoms with Crippen LogP contribution in [0.25, 0.3) is 16.8 Å². The van der Waals surface area contributed by atoms with Gasteiger partial charge < -0.3 is 15.6 Å². The van der Waals surface area contributed by atoms with E-state index in [1.165, 1.54) is 0 Å². The summed E-state index contributed by atoms with van der Waals surface area (Å²) in [5.74, 6) is 0.00287. The van der Waals surface area contributed by atoms with Crippen molar-refractivity contribution in [3.8, 4) is 0 Å². The van der Waals surface area contributed by atoms with Crippen molar-refractivity contribution >= 4 is 22.7 Å². The first-order chi connectivity index (χ1) is 10.2. The van der Waals surface area contributed by atoms with Crippen molar-refractivity contribution in [2.75, 3.05) is 13.1 Å². The maximum atomic E-state index is 12.7. The lowest BCUT2D eigenvalue weighted by atomic mass is 10.1. The molecule has 3 N–H and O–H groups in total. The number of amides is 1. The summed E-state index contributed by atoms with van der Waals surface area (Å²) < 4.78 is 1.86. The summed E-state index contributed by atoms with van der Waals surface area (Å²) in [6, 6.07) is 2.11. The number of aromatic amines is 1. The average Bonchev–Trinajstić information content (AvgIpc) is 3.13. The van der Waals surface area contributed by atoms with Crippen molar-refractivity contribution in [1.82, 2.24) is 24.3 Å². The number of carbonyl (C=O) groups is 1. The van der Waals surface area contributed by atoms with E-state index in [1.54, 1.807) is 12.4 Å². The van der Waals surface area contributed by atoms with Gasteiger partial charge in [-0.2, -0.15) is 0 Å². The summed E-state index contributed by atoms with van der Waals surface area (Å²) in [5.41, 5.74) is 8.76. The van der Waals surface area contributed by atoms with E-state index in [0.29, 0.717) is 24.4 Å². The molecule has 7 heteroatoms. The van der Waals surface area contributed by atoms with Crippen LogP contribution in [-0.2, 0) is 0 Å². The van der Waals surface area contributed by atoms with Gasteiger partial charge in [-0.3, -0.25) is 9.20 Å².